The normalized spacial score (nSPS) is 20.6. The standard InChI is InChI=1S/C23H32N6O3/c1-5-28-13-15(12-25-28)20-19-14(11-24-21(19)30)10-18(27-20)26-16-8-6-7-9-17(16)29(22(31)32)23(2,3)4/h10,12-13,16-17H,5-9,11H2,1-4H3,(H,24,30)(H,26,27)(H,31,32)/t16-,17+/m1/s1. The second-order valence-electron chi connectivity index (χ2n) is 9.58. The summed E-state index contributed by atoms with van der Waals surface area (Å²) in [4.78, 5) is 31.0. The fraction of sp³-hybridized carbons (Fsp3) is 0.565. The number of carbonyl (C=O) groups is 2. The van der Waals surface area contributed by atoms with Crippen LogP contribution < -0.4 is 10.6 Å². The van der Waals surface area contributed by atoms with Crippen LogP contribution >= 0.6 is 0 Å². The molecule has 1 saturated carbocycles. The van der Waals surface area contributed by atoms with E-state index in [0.29, 0.717) is 23.6 Å². The van der Waals surface area contributed by atoms with Crippen LogP contribution in [0.25, 0.3) is 11.3 Å². The van der Waals surface area contributed by atoms with Crippen LogP contribution in [-0.4, -0.2) is 54.4 Å². The molecule has 2 aliphatic rings. The Bertz CT molecular complexity index is 1030. The first kappa shape index (κ1) is 22.1. The van der Waals surface area contributed by atoms with Gasteiger partial charge in [0.1, 0.15) is 5.82 Å². The number of carbonyl (C=O) groups excluding carboxylic acids is 1. The third kappa shape index (κ3) is 4.16. The van der Waals surface area contributed by atoms with Gasteiger partial charge in [-0.3, -0.25) is 14.4 Å². The zero-order valence-electron chi connectivity index (χ0n) is 19.2. The first-order valence-electron chi connectivity index (χ1n) is 11.3. The van der Waals surface area contributed by atoms with Gasteiger partial charge in [0.25, 0.3) is 5.91 Å². The highest BCUT2D eigenvalue weighted by Crippen LogP contribution is 2.33. The minimum atomic E-state index is -0.902. The van der Waals surface area contributed by atoms with Crippen LogP contribution in [-0.2, 0) is 13.1 Å². The molecule has 0 radical (unpaired) electrons. The van der Waals surface area contributed by atoms with Crippen LogP contribution in [0.5, 0.6) is 0 Å². The number of anilines is 1. The Kier molecular flexibility index (Phi) is 5.83. The van der Waals surface area contributed by atoms with Gasteiger partial charge in [-0.25, -0.2) is 9.78 Å². The van der Waals surface area contributed by atoms with E-state index in [4.69, 9.17) is 4.98 Å². The van der Waals surface area contributed by atoms with Crippen LogP contribution in [0.15, 0.2) is 18.5 Å². The average molecular weight is 441 g/mol. The Labute approximate surface area is 188 Å². The van der Waals surface area contributed by atoms with Crippen molar-refractivity contribution >= 4 is 17.8 Å². The summed E-state index contributed by atoms with van der Waals surface area (Å²) in [6.45, 7) is 8.99. The molecule has 2 aromatic rings. The molecule has 0 unspecified atom stereocenters. The SMILES string of the molecule is CCn1cc(-c2nc(N[C@@H]3CCCC[C@@H]3N(C(=O)O)C(C)(C)C)cc3c2C(=O)NC3)cn1. The van der Waals surface area contributed by atoms with Gasteiger partial charge in [0, 0.05) is 36.4 Å². The van der Waals surface area contributed by atoms with Crippen LogP contribution in [0.4, 0.5) is 10.6 Å². The van der Waals surface area contributed by atoms with Crippen molar-refractivity contribution in [1.29, 1.82) is 0 Å². The number of amides is 2. The van der Waals surface area contributed by atoms with Gasteiger partial charge in [0.05, 0.1) is 23.5 Å². The Balaban J connectivity index is 1.70. The molecule has 0 saturated heterocycles. The number of fused-ring (bicyclic) bond motifs is 1. The summed E-state index contributed by atoms with van der Waals surface area (Å²) in [5.74, 6) is 0.536. The lowest BCUT2D eigenvalue weighted by molar-refractivity contribution is 0.0520. The maximum absolute atomic E-state index is 12.5. The quantitative estimate of drug-likeness (QED) is 0.653. The molecule has 4 rings (SSSR count). The lowest BCUT2D eigenvalue weighted by atomic mass is 9.86. The molecular weight excluding hydrogens is 408 g/mol. The molecule has 2 amide bonds. The van der Waals surface area contributed by atoms with Gasteiger partial charge >= 0.3 is 6.09 Å². The highest BCUT2D eigenvalue weighted by Gasteiger charge is 2.39. The minimum absolute atomic E-state index is 0.0547. The Hall–Kier alpha value is -3.10. The lowest BCUT2D eigenvalue weighted by Crippen LogP contribution is -2.58. The van der Waals surface area contributed by atoms with Crippen molar-refractivity contribution in [2.75, 3.05) is 5.32 Å². The molecule has 0 spiro atoms. The van der Waals surface area contributed by atoms with Crippen molar-refractivity contribution in [3.63, 3.8) is 0 Å². The Morgan fingerprint density at radius 2 is 2.09 bits per heavy atom. The number of carboxylic acid groups (broad SMARTS) is 1. The first-order valence-corrected chi connectivity index (χ1v) is 11.3. The van der Waals surface area contributed by atoms with Crippen molar-refractivity contribution in [2.45, 2.75) is 84.1 Å². The van der Waals surface area contributed by atoms with Crippen molar-refractivity contribution < 1.29 is 14.7 Å². The van der Waals surface area contributed by atoms with Crippen LogP contribution in [0.1, 0.15) is 69.3 Å². The Morgan fingerprint density at radius 3 is 2.75 bits per heavy atom. The number of aromatic nitrogens is 3. The second-order valence-corrected chi connectivity index (χ2v) is 9.58. The Morgan fingerprint density at radius 1 is 1.34 bits per heavy atom. The number of aryl methyl sites for hydroxylation is 1. The number of hydrogen-bond donors (Lipinski definition) is 3. The van der Waals surface area contributed by atoms with E-state index in [1.165, 1.54) is 0 Å². The van der Waals surface area contributed by atoms with E-state index < -0.39 is 11.6 Å². The van der Waals surface area contributed by atoms with Gasteiger partial charge in [0.15, 0.2) is 0 Å². The molecule has 9 heteroatoms. The zero-order valence-corrected chi connectivity index (χ0v) is 19.2. The van der Waals surface area contributed by atoms with Crippen molar-refractivity contribution in [3.05, 3.63) is 29.6 Å². The largest absolute Gasteiger partial charge is 0.465 e. The molecule has 2 atom stereocenters. The van der Waals surface area contributed by atoms with E-state index in [9.17, 15) is 14.7 Å². The third-order valence-corrected chi connectivity index (χ3v) is 6.32. The van der Waals surface area contributed by atoms with Gasteiger partial charge in [-0.05, 0) is 52.2 Å². The monoisotopic (exact) mass is 440 g/mol. The maximum atomic E-state index is 12.5. The molecule has 1 aliphatic heterocycles. The van der Waals surface area contributed by atoms with Gasteiger partial charge in [-0.15, -0.1) is 0 Å². The molecular formula is C23H32N6O3. The number of nitrogens with zero attached hydrogens (tertiary/aromatic N) is 4. The average Bonchev–Trinajstić information content (AvgIpc) is 3.35. The zero-order chi connectivity index (χ0) is 23.0. The van der Waals surface area contributed by atoms with E-state index >= 15 is 0 Å². The van der Waals surface area contributed by atoms with Crippen molar-refractivity contribution in [2.24, 2.45) is 0 Å². The first-order chi connectivity index (χ1) is 15.2. The molecule has 1 fully saturated rings. The molecule has 32 heavy (non-hydrogen) atoms. The van der Waals surface area contributed by atoms with Crippen LogP contribution in [0.3, 0.4) is 0 Å². The van der Waals surface area contributed by atoms with Gasteiger partial charge in [-0.1, -0.05) is 12.8 Å². The molecule has 172 valence electrons. The molecule has 1 aliphatic carbocycles. The lowest BCUT2D eigenvalue weighted by Gasteiger charge is -2.45. The molecule has 3 N–H and O–H groups in total. The number of nitrogens with one attached hydrogen (secondary N) is 2. The topological polar surface area (TPSA) is 112 Å². The minimum Gasteiger partial charge on any atom is -0.465 e. The summed E-state index contributed by atoms with van der Waals surface area (Å²) in [6.07, 6.45) is 6.43. The smallest absolute Gasteiger partial charge is 0.408 e. The summed E-state index contributed by atoms with van der Waals surface area (Å²) < 4.78 is 1.81. The van der Waals surface area contributed by atoms with Gasteiger partial charge < -0.3 is 15.7 Å². The summed E-state index contributed by atoms with van der Waals surface area (Å²) in [7, 11) is 0. The van der Waals surface area contributed by atoms with E-state index in [1.807, 2.05) is 44.6 Å². The third-order valence-electron chi connectivity index (χ3n) is 6.32. The van der Waals surface area contributed by atoms with E-state index in [0.717, 1.165) is 43.4 Å². The van der Waals surface area contributed by atoms with E-state index in [2.05, 4.69) is 15.7 Å². The number of rotatable bonds is 5. The molecule has 9 nitrogen and oxygen atoms in total. The fourth-order valence-corrected chi connectivity index (χ4v) is 4.90. The van der Waals surface area contributed by atoms with Gasteiger partial charge in [-0.2, -0.15) is 5.10 Å². The molecule has 0 aromatic carbocycles. The van der Waals surface area contributed by atoms with Crippen molar-refractivity contribution in [3.8, 4) is 11.3 Å². The molecule has 3 heterocycles. The predicted molar refractivity (Wildman–Crippen MR) is 122 cm³/mol. The van der Waals surface area contributed by atoms with E-state index in [-0.39, 0.29) is 18.0 Å². The summed E-state index contributed by atoms with van der Waals surface area (Å²) in [5.41, 5.74) is 2.39. The highest BCUT2D eigenvalue weighted by atomic mass is 16.4. The summed E-state index contributed by atoms with van der Waals surface area (Å²) in [6, 6.07) is 1.71. The summed E-state index contributed by atoms with van der Waals surface area (Å²) >= 11 is 0. The highest BCUT2D eigenvalue weighted by molar-refractivity contribution is 6.04. The van der Waals surface area contributed by atoms with Crippen LogP contribution in [0.2, 0.25) is 0 Å². The van der Waals surface area contributed by atoms with Crippen molar-refractivity contribution in [1.82, 2.24) is 25.0 Å². The van der Waals surface area contributed by atoms with Gasteiger partial charge in [0.2, 0.25) is 0 Å². The number of hydrogen-bond acceptors (Lipinski definition) is 5. The number of pyridine rings is 1. The maximum Gasteiger partial charge on any atom is 0.408 e. The predicted octanol–water partition coefficient (Wildman–Crippen LogP) is 3.71. The molecule has 0 bridgehead atoms. The second kappa shape index (κ2) is 8.44. The molecule has 2 aromatic heterocycles. The fourth-order valence-electron chi connectivity index (χ4n) is 4.90. The summed E-state index contributed by atoms with van der Waals surface area (Å²) in [5, 5.41) is 20.7. The van der Waals surface area contributed by atoms with Crippen LogP contribution in [0, 0.1) is 0 Å². The van der Waals surface area contributed by atoms with E-state index in [1.54, 1.807) is 11.1 Å².